The van der Waals surface area contributed by atoms with Gasteiger partial charge in [-0.05, 0) is 97.0 Å². The minimum Gasteiger partial charge on any atom is -0.310 e. The molecule has 0 fully saturated rings. The van der Waals surface area contributed by atoms with Gasteiger partial charge in [-0.15, -0.1) is 0 Å². The molecule has 0 aliphatic heterocycles. The van der Waals surface area contributed by atoms with Crippen LogP contribution >= 0.6 is 0 Å². The zero-order valence-electron chi connectivity index (χ0n) is 32.3. The van der Waals surface area contributed by atoms with Gasteiger partial charge in [-0.2, -0.15) is 0 Å². The highest BCUT2D eigenvalue weighted by molar-refractivity contribution is 6.00. The Labute approximate surface area is 310 Å². The van der Waals surface area contributed by atoms with Gasteiger partial charge in [0.25, 0.3) is 0 Å². The third-order valence-corrected chi connectivity index (χ3v) is 10.6. The van der Waals surface area contributed by atoms with Crippen molar-refractivity contribution in [1.82, 2.24) is 0 Å². The normalized spacial score (nSPS) is 13.8. The molecular weight excluding hydrogens is 627 g/mol. The summed E-state index contributed by atoms with van der Waals surface area (Å²) < 4.78 is 37.9. The molecule has 244 valence electrons. The van der Waals surface area contributed by atoms with Crippen LogP contribution in [0.4, 0.5) is 17.1 Å². The third-order valence-electron chi connectivity index (χ3n) is 10.6. The standard InChI is InChI=1S/C51H35N/c1-3-20-41(21-4-1)51(42-22-5-2-6-23-42)48-27-12-11-26-46(48)47-32-31-44(35-49(47)51)52(50-28-14-18-37-16-9-10-25-45(37)50)43-24-13-19-39(34-43)40-30-29-36-15-7-8-17-38(36)33-40/h1-35H/i13D,19D,24D,34D. The Morgan fingerprint density at radius 2 is 1.08 bits per heavy atom. The van der Waals surface area contributed by atoms with E-state index >= 15 is 0 Å². The van der Waals surface area contributed by atoms with Crippen LogP contribution in [0.1, 0.15) is 27.7 Å². The quantitative estimate of drug-likeness (QED) is 0.171. The molecule has 0 atom stereocenters. The summed E-state index contributed by atoms with van der Waals surface area (Å²) in [6, 6.07) is 64.1. The second-order valence-corrected chi connectivity index (χ2v) is 13.4. The molecule has 1 nitrogen and oxygen atoms in total. The minimum absolute atomic E-state index is 0.0281. The lowest BCUT2D eigenvalue weighted by atomic mass is 9.67. The molecule has 0 bridgehead atoms. The summed E-state index contributed by atoms with van der Waals surface area (Å²) in [6.07, 6.45) is 0. The number of hydrogen-bond donors (Lipinski definition) is 0. The van der Waals surface area contributed by atoms with Gasteiger partial charge in [0.05, 0.1) is 16.6 Å². The Morgan fingerprint density at radius 1 is 0.423 bits per heavy atom. The maximum absolute atomic E-state index is 9.95. The largest absolute Gasteiger partial charge is 0.310 e. The van der Waals surface area contributed by atoms with E-state index < -0.39 is 5.41 Å². The predicted molar refractivity (Wildman–Crippen MR) is 219 cm³/mol. The third kappa shape index (κ3) is 4.71. The zero-order valence-corrected chi connectivity index (χ0v) is 28.3. The number of hydrogen-bond acceptors (Lipinski definition) is 1. The molecule has 1 aliphatic rings. The van der Waals surface area contributed by atoms with Crippen LogP contribution in [0.5, 0.6) is 0 Å². The van der Waals surface area contributed by atoms with Crippen molar-refractivity contribution in [3.05, 3.63) is 234 Å². The predicted octanol–water partition coefficient (Wildman–Crippen LogP) is 13.5. The van der Waals surface area contributed by atoms with Crippen LogP contribution in [0.3, 0.4) is 0 Å². The van der Waals surface area contributed by atoms with Gasteiger partial charge in [0.2, 0.25) is 0 Å². The van der Waals surface area contributed by atoms with E-state index in [1.54, 1.807) is 0 Å². The average Bonchev–Trinajstić information content (AvgIpc) is 3.55. The molecule has 0 unspecified atom stereocenters. The van der Waals surface area contributed by atoms with Crippen LogP contribution in [0.2, 0.25) is 0 Å². The van der Waals surface area contributed by atoms with Crippen LogP contribution in [0.15, 0.2) is 212 Å². The highest BCUT2D eigenvalue weighted by Crippen LogP contribution is 2.57. The fourth-order valence-electron chi connectivity index (χ4n) is 8.30. The summed E-state index contributed by atoms with van der Waals surface area (Å²) in [5, 5.41) is 4.00. The molecule has 0 N–H and O–H groups in total. The topological polar surface area (TPSA) is 3.24 Å². The first kappa shape index (κ1) is 26.2. The average molecular weight is 666 g/mol. The van der Waals surface area contributed by atoms with E-state index in [1.165, 1.54) is 5.56 Å². The van der Waals surface area contributed by atoms with Crippen LogP contribution in [0.25, 0.3) is 43.8 Å². The van der Waals surface area contributed by atoms with Crippen molar-refractivity contribution in [2.24, 2.45) is 0 Å². The lowest BCUT2D eigenvalue weighted by Gasteiger charge is -2.35. The van der Waals surface area contributed by atoms with Gasteiger partial charge in [-0.25, -0.2) is 0 Å². The van der Waals surface area contributed by atoms with Crippen molar-refractivity contribution in [2.45, 2.75) is 5.41 Å². The Balaban J connectivity index is 1.30. The van der Waals surface area contributed by atoms with Crippen molar-refractivity contribution >= 4 is 38.6 Å². The molecule has 9 aromatic rings. The molecule has 1 aliphatic carbocycles. The highest BCUT2D eigenvalue weighted by atomic mass is 15.1. The van der Waals surface area contributed by atoms with Crippen LogP contribution in [-0.4, -0.2) is 0 Å². The van der Waals surface area contributed by atoms with Crippen LogP contribution in [-0.2, 0) is 5.41 Å². The number of anilines is 3. The van der Waals surface area contributed by atoms with Crippen LogP contribution in [0, 0.1) is 0 Å². The SMILES string of the molecule is [2H]c1c([2H])c(-c2ccc3ccccc3c2)c([2H])c(N(c2ccc3c(c2)C(c2ccccc2)(c2ccccc2)c2ccccc2-3)c2cccc3ccccc23)c1[2H]. The number of benzene rings is 9. The molecule has 52 heavy (non-hydrogen) atoms. The van der Waals surface area contributed by atoms with E-state index in [2.05, 4.69) is 121 Å². The number of fused-ring (bicyclic) bond motifs is 5. The number of nitrogens with zero attached hydrogens (tertiary/aromatic N) is 1. The van der Waals surface area contributed by atoms with Gasteiger partial charge in [0.1, 0.15) is 0 Å². The summed E-state index contributed by atoms with van der Waals surface area (Å²) in [6.45, 7) is 0. The van der Waals surface area contributed by atoms with E-state index in [0.29, 0.717) is 11.1 Å². The summed E-state index contributed by atoms with van der Waals surface area (Å²) in [5.74, 6) is 0. The van der Waals surface area contributed by atoms with Crippen molar-refractivity contribution in [3.8, 4) is 22.3 Å². The Hall–Kier alpha value is -6.70. The Bertz CT molecular complexity index is 2930. The van der Waals surface area contributed by atoms with Gasteiger partial charge in [-0.3, -0.25) is 0 Å². The lowest BCUT2D eigenvalue weighted by Crippen LogP contribution is -2.28. The molecule has 0 saturated carbocycles. The van der Waals surface area contributed by atoms with Crippen molar-refractivity contribution < 1.29 is 5.48 Å². The van der Waals surface area contributed by atoms with Gasteiger partial charge in [0, 0.05) is 16.8 Å². The molecule has 0 amide bonds. The molecule has 9 aromatic carbocycles. The Morgan fingerprint density at radius 3 is 1.88 bits per heavy atom. The zero-order chi connectivity index (χ0) is 38.0. The van der Waals surface area contributed by atoms with E-state index in [-0.39, 0.29) is 29.9 Å². The van der Waals surface area contributed by atoms with Gasteiger partial charge >= 0.3 is 0 Å². The Kier molecular flexibility index (Phi) is 6.17. The van der Waals surface area contributed by atoms with E-state index in [4.69, 9.17) is 0 Å². The van der Waals surface area contributed by atoms with Gasteiger partial charge < -0.3 is 4.90 Å². The monoisotopic (exact) mass is 665 g/mol. The summed E-state index contributed by atoms with van der Waals surface area (Å²) in [7, 11) is 0. The first-order valence-corrected chi connectivity index (χ1v) is 17.7. The van der Waals surface area contributed by atoms with Crippen LogP contribution < -0.4 is 4.90 Å². The van der Waals surface area contributed by atoms with E-state index in [0.717, 1.165) is 60.7 Å². The molecule has 0 radical (unpaired) electrons. The second-order valence-electron chi connectivity index (χ2n) is 13.4. The summed E-state index contributed by atoms with van der Waals surface area (Å²) >= 11 is 0. The lowest BCUT2D eigenvalue weighted by molar-refractivity contribution is 0.768. The minimum atomic E-state index is -0.662. The first-order valence-electron chi connectivity index (χ1n) is 19.7. The van der Waals surface area contributed by atoms with E-state index in [9.17, 15) is 5.48 Å². The number of rotatable bonds is 6. The maximum atomic E-state index is 9.95. The van der Waals surface area contributed by atoms with Gasteiger partial charge in [0.15, 0.2) is 0 Å². The maximum Gasteiger partial charge on any atom is 0.0714 e. The van der Waals surface area contributed by atoms with Gasteiger partial charge in [-0.1, -0.05) is 176 Å². The van der Waals surface area contributed by atoms with Crippen molar-refractivity contribution in [1.29, 1.82) is 0 Å². The molecule has 0 saturated heterocycles. The second kappa shape index (κ2) is 12.3. The molecule has 0 heterocycles. The molecule has 0 spiro atoms. The fraction of sp³-hybridized carbons (Fsp3) is 0.0196. The fourth-order valence-corrected chi connectivity index (χ4v) is 8.30. The highest BCUT2D eigenvalue weighted by Gasteiger charge is 2.46. The van der Waals surface area contributed by atoms with E-state index in [1.807, 2.05) is 71.6 Å². The summed E-state index contributed by atoms with van der Waals surface area (Å²) in [4.78, 5) is 1.99. The molecule has 0 aromatic heterocycles. The van der Waals surface area contributed by atoms with Crippen molar-refractivity contribution in [3.63, 3.8) is 0 Å². The van der Waals surface area contributed by atoms with Crippen molar-refractivity contribution in [2.75, 3.05) is 4.90 Å². The molecular formula is C51H35N. The summed E-state index contributed by atoms with van der Waals surface area (Å²) in [5.41, 5.74) is 8.97. The molecule has 10 rings (SSSR count). The smallest absolute Gasteiger partial charge is 0.0714 e. The molecule has 1 heteroatoms. The first-order chi connectivity index (χ1) is 27.5.